The third kappa shape index (κ3) is 2.60. The summed E-state index contributed by atoms with van der Waals surface area (Å²) in [7, 11) is -2.97. The molecular formula is C14H19N3O2S2. The van der Waals surface area contributed by atoms with Gasteiger partial charge in [-0.25, -0.2) is 8.42 Å². The van der Waals surface area contributed by atoms with Crippen LogP contribution in [-0.2, 0) is 21.8 Å². The number of hydrogen-bond acceptors (Lipinski definition) is 5. The quantitative estimate of drug-likeness (QED) is 0.939. The van der Waals surface area contributed by atoms with Gasteiger partial charge in [-0.05, 0) is 31.9 Å². The van der Waals surface area contributed by atoms with E-state index in [0.29, 0.717) is 12.1 Å². The summed E-state index contributed by atoms with van der Waals surface area (Å²) >= 11 is 1.68. The molecule has 1 unspecified atom stereocenters. The Morgan fingerprint density at radius 3 is 2.81 bits per heavy atom. The highest BCUT2D eigenvalue weighted by Crippen LogP contribution is 2.35. The van der Waals surface area contributed by atoms with Gasteiger partial charge in [-0.1, -0.05) is 6.92 Å². The van der Waals surface area contributed by atoms with Gasteiger partial charge in [0, 0.05) is 11.1 Å². The second-order valence-corrected chi connectivity index (χ2v) is 9.19. The molecule has 1 saturated heterocycles. The van der Waals surface area contributed by atoms with Crippen molar-refractivity contribution in [3.05, 3.63) is 23.2 Å². The van der Waals surface area contributed by atoms with Crippen molar-refractivity contribution in [2.45, 2.75) is 32.2 Å². The number of sulfone groups is 1. The Morgan fingerprint density at radius 1 is 1.48 bits per heavy atom. The number of nitrogen functional groups attached to an aromatic ring is 1. The standard InChI is InChI=1S/C14H19N3O2S2/c1-3-10-4-5-12(20-10)13-11(15)8-17(16-13)14(2)6-7-21(18,19)9-14/h4-5,8H,3,6-7,9,15H2,1-2H3. The van der Waals surface area contributed by atoms with Gasteiger partial charge in [-0.15, -0.1) is 11.3 Å². The van der Waals surface area contributed by atoms with Gasteiger partial charge >= 0.3 is 0 Å². The molecule has 0 spiro atoms. The van der Waals surface area contributed by atoms with Crippen LogP contribution in [0.3, 0.4) is 0 Å². The minimum absolute atomic E-state index is 0.130. The fourth-order valence-corrected chi connectivity index (χ4v) is 5.80. The van der Waals surface area contributed by atoms with E-state index in [-0.39, 0.29) is 11.5 Å². The van der Waals surface area contributed by atoms with Crippen molar-refractivity contribution in [3.63, 3.8) is 0 Å². The van der Waals surface area contributed by atoms with Crippen LogP contribution in [0, 0.1) is 0 Å². The van der Waals surface area contributed by atoms with E-state index in [2.05, 4.69) is 18.1 Å². The number of thiophene rings is 1. The number of hydrogen-bond donors (Lipinski definition) is 1. The van der Waals surface area contributed by atoms with Crippen LogP contribution in [-0.4, -0.2) is 29.7 Å². The van der Waals surface area contributed by atoms with Gasteiger partial charge in [0.2, 0.25) is 0 Å². The number of anilines is 1. The minimum atomic E-state index is -2.97. The van der Waals surface area contributed by atoms with Crippen molar-refractivity contribution in [1.29, 1.82) is 0 Å². The Balaban J connectivity index is 1.98. The van der Waals surface area contributed by atoms with Crippen LogP contribution in [0.4, 0.5) is 5.69 Å². The molecule has 0 radical (unpaired) electrons. The van der Waals surface area contributed by atoms with E-state index in [1.54, 1.807) is 22.2 Å². The van der Waals surface area contributed by atoms with Gasteiger partial charge in [0.1, 0.15) is 5.69 Å². The average Bonchev–Trinajstić information content (AvgIpc) is 3.07. The van der Waals surface area contributed by atoms with E-state index in [0.717, 1.165) is 17.0 Å². The maximum Gasteiger partial charge on any atom is 0.152 e. The number of nitrogens with zero attached hydrogens (tertiary/aromatic N) is 2. The molecular weight excluding hydrogens is 306 g/mol. The van der Waals surface area contributed by atoms with Crippen molar-refractivity contribution < 1.29 is 8.42 Å². The minimum Gasteiger partial charge on any atom is -0.396 e. The lowest BCUT2D eigenvalue weighted by atomic mass is 10.0. The van der Waals surface area contributed by atoms with Crippen molar-refractivity contribution in [2.24, 2.45) is 0 Å². The lowest BCUT2D eigenvalue weighted by Crippen LogP contribution is -2.31. The normalized spacial score (nSPS) is 24.5. The number of aromatic nitrogens is 2. The smallest absolute Gasteiger partial charge is 0.152 e. The van der Waals surface area contributed by atoms with E-state index in [1.165, 1.54) is 4.88 Å². The number of nitrogens with two attached hydrogens (primary N) is 1. The van der Waals surface area contributed by atoms with E-state index in [1.807, 2.05) is 13.0 Å². The molecule has 1 aliphatic heterocycles. The monoisotopic (exact) mass is 325 g/mol. The molecule has 2 N–H and O–H groups in total. The molecule has 2 aromatic rings. The van der Waals surface area contributed by atoms with Gasteiger partial charge in [-0.3, -0.25) is 4.68 Å². The van der Waals surface area contributed by atoms with Gasteiger partial charge < -0.3 is 5.73 Å². The summed E-state index contributed by atoms with van der Waals surface area (Å²) in [5.74, 6) is 0.350. The predicted octanol–water partition coefficient (Wildman–Crippen LogP) is 2.29. The first kappa shape index (κ1) is 14.6. The summed E-state index contributed by atoms with van der Waals surface area (Å²) < 4.78 is 25.2. The van der Waals surface area contributed by atoms with Gasteiger partial charge in [0.25, 0.3) is 0 Å². The second-order valence-electron chi connectivity index (χ2n) is 5.84. The van der Waals surface area contributed by atoms with Crippen molar-refractivity contribution >= 4 is 26.9 Å². The molecule has 2 aromatic heterocycles. The largest absolute Gasteiger partial charge is 0.396 e. The fourth-order valence-electron chi connectivity index (χ4n) is 2.72. The highest BCUT2D eigenvalue weighted by molar-refractivity contribution is 7.91. The summed E-state index contributed by atoms with van der Waals surface area (Å²) in [5.41, 5.74) is 6.96. The average molecular weight is 325 g/mol. The first-order valence-electron chi connectivity index (χ1n) is 6.98. The van der Waals surface area contributed by atoms with E-state index >= 15 is 0 Å². The van der Waals surface area contributed by atoms with Crippen molar-refractivity contribution in [1.82, 2.24) is 9.78 Å². The molecule has 0 aliphatic carbocycles. The predicted molar refractivity (Wildman–Crippen MR) is 86.2 cm³/mol. The van der Waals surface area contributed by atoms with Crippen LogP contribution in [0.25, 0.3) is 10.6 Å². The van der Waals surface area contributed by atoms with Gasteiger partial charge in [-0.2, -0.15) is 5.10 Å². The first-order chi connectivity index (χ1) is 9.83. The second kappa shape index (κ2) is 4.84. The van der Waals surface area contributed by atoms with Crippen LogP contribution in [0.2, 0.25) is 0 Å². The molecule has 21 heavy (non-hydrogen) atoms. The van der Waals surface area contributed by atoms with Crippen molar-refractivity contribution in [3.8, 4) is 10.6 Å². The Kier molecular flexibility index (Phi) is 3.37. The molecule has 5 nitrogen and oxygen atoms in total. The van der Waals surface area contributed by atoms with Crippen molar-refractivity contribution in [2.75, 3.05) is 17.2 Å². The molecule has 1 aliphatic rings. The third-order valence-corrected chi connectivity index (χ3v) is 7.15. The Hall–Kier alpha value is -1.34. The van der Waals surface area contributed by atoms with Crippen LogP contribution in [0.1, 0.15) is 25.1 Å². The summed E-state index contributed by atoms with van der Waals surface area (Å²) in [5, 5.41) is 4.58. The summed E-state index contributed by atoms with van der Waals surface area (Å²) in [6, 6.07) is 4.11. The Morgan fingerprint density at radius 2 is 2.24 bits per heavy atom. The number of rotatable bonds is 3. The first-order valence-corrected chi connectivity index (χ1v) is 9.62. The third-order valence-electron chi connectivity index (χ3n) is 4.02. The zero-order chi connectivity index (χ0) is 15.3. The lowest BCUT2D eigenvalue weighted by Gasteiger charge is -2.22. The molecule has 3 rings (SSSR count). The lowest BCUT2D eigenvalue weighted by molar-refractivity contribution is 0.329. The topological polar surface area (TPSA) is 78.0 Å². The highest BCUT2D eigenvalue weighted by Gasteiger charge is 2.41. The molecule has 0 saturated carbocycles. The Labute approximate surface area is 128 Å². The summed E-state index contributed by atoms with van der Waals surface area (Å²) in [6.07, 6.45) is 3.34. The van der Waals surface area contributed by atoms with E-state index in [9.17, 15) is 8.42 Å². The fraction of sp³-hybridized carbons (Fsp3) is 0.500. The molecule has 3 heterocycles. The molecule has 114 valence electrons. The van der Waals surface area contributed by atoms with E-state index in [4.69, 9.17) is 5.73 Å². The summed E-state index contributed by atoms with van der Waals surface area (Å²) in [4.78, 5) is 2.32. The molecule has 1 fully saturated rings. The molecule has 1 atom stereocenters. The Bertz CT molecular complexity index is 776. The van der Waals surface area contributed by atoms with Crippen LogP contribution < -0.4 is 5.73 Å². The van der Waals surface area contributed by atoms with Crippen LogP contribution >= 0.6 is 11.3 Å². The summed E-state index contributed by atoms with van der Waals surface area (Å²) in [6.45, 7) is 4.04. The van der Waals surface area contributed by atoms with Crippen LogP contribution in [0.15, 0.2) is 18.3 Å². The molecule has 7 heteroatoms. The van der Waals surface area contributed by atoms with Gasteiger partial charge in [0.15, 0.2) is 9.84 Å². The molecule has 0 amide bonds. The van der Waals surface area contributed by atoms with Crippen LogP contribution in [0.5, 0.6) is 0 Å². The van der Waals surface area contributed by atoms with Gasteiger partial charge in [0.05, 0.1) is 27.6 Å². The maximum absolute atomic E-state index is 11.8. The maximum atomic E-state index is 11.8. The molecule has 0 aromatic carbocycles. The van der Waals surface area contributed by atoms with E-state index < -0.39 is 15.4 Å². The zero-order valence-corrected chi connectivity index (χ0v) is 13.8. The zero-order valence-electron chi connectivity index (χ0n) is 12.2. The SMILES string of the molecule is CCc1ccc(-c2nn(C3(C)CCS(=O)(=O)C3)cc2N)s1. The number of aryl methyl sites for hydroxylation is 1. The highest BCUT2D eigenvalue weighted by atomic mass is 32.2. The molecule has 0 bridgehead atoms.